The Bertz CT molecular complexity index is 1940. The number of rotatable bonds is 83. The molecule has 0 rings (SSSR count). The Morgan fingerprint density at radius 2 is 0.451 bits per heavy atom. The van der Waals surface area contributed by atoms with Gasteiger partial charge in [0.1, 0.15) is 19.3 Å². The molecule has 606 valence electrons. The number of aliphatic hydroxyl groups excluding tert-OH is 1. The quantitative estimate of drug-likeness (QED) is 0.0222. The molecule has 0 fully saturated rings. The van der Waals surface area contributed by atoms with E-state index in [2.05, 4.69) is 34.6 Å². The minimum Gasteiger partial charge on any atom is -0.462 e. The molecule has 19 heteroatoms. The van der Waals surface area contributed by atoms with E-state index in [-0.39, 0.29) is 25.7 Å². The standard InChI is InChI=1S/C83H162O17P2/c1-6-9-12-15-18-21-24-27-30-32-34-36-39-41-46-51-56-61-66-80(85)93-72-78(99-83(88)69-64-59-54-48-43-40-37-35-33-31-28-25-22-19-16-13-10-7-2)74-97-101(89,90)95-70-77(84)71-96-102(91,92)98-75-79(73-94-81(86)67-62-57-52-49-44-45-50-55-60-65-76(4)5)100-82(87)68-63-58-53-47-42-38-29-26-23-20-17-14-11-8-3/h76-79,84H,6-75H2,1-5H3,(H,89,90)(H,91,92)/t77-,78-,79-/m1/s1. The Morgan fingerprint density at radius 1 is 0.265 bits per heavy atom. The molecular weight excluding hydrogens is 1330 g/mol. The Morgan fingerprint density at radius 3 is 0.667 bits per heavy atom. The van der Waals surface area contributed by atoms with Crippen molar-refractivity contribution in [3.05, 3.63) is 0 Å². The predicted octanol–water partition coefficient (Wildman–Crippen LogP) is 25.2. The van der Waals surface area contributed by atoms with Gasteiger partial charge in [-0.3, -0.25) is 37.3 Å². The number of hydrogen-bond donors (Lipinski definition) is 3. The maximum Gasteiger partial charge on any atom is 0.472 e. The number of unbranched alkanes of at least 4 members (excludes halogenated alkanes) is 55. The zero-order chi connectivity index (χ0) is 74.8. The lowest BCUT2D eigenvalue weighted by molar-refractivity contribution is -0.161. The van der Waals surface area contributed by atoms with Crippen molar-refractivity contribution >= 4 is 39.5 Å². The molecule has 0 saturated carbocycles. The van der Waals surface area contributed by atoms with Gasteiger partial charge in [0, 0.05) is 25.7 Å². The Balaban J connectivity index is 5.25. The number of carbonyl (C=O) groups is 4. The van der Waals surface area contributed by atoms with Gasteiger partial charge in [0.15, 0.2) is 12.2 Å². The second-order valence-corrected chi connectivity index (χ2v) is 33.3. The van der Waals surface area contributed by atoms with Crippen LogP contribution in [0.1, 0.15) is 446 Å². The lowest BCUT2D eigenvalue weighted by Gasteiger charge is -2.21. The first-order valence-corrected chi connectivity index (χ1v) is 46.1. The van der Waals surface area contributed by atoms with Gasteiger partial charge in [-0.1, -0.05) is 394 Å². The smallest absolute Gasteiger partial charge is 0.462 e. The SMILES string of the molecule is CCCCCCCCCCCCCCCCCCCCC(=O)OC[C@H](COP(=O)(O)OC[C@@H](O)COP(=O)(O)OC[C@@H](COC(=O)CCCCCCCCCCCC(C)C)OC(=O)CCCCCCCCCCCCCCCC)OC(=O)CCCCCCCCCCCCCCCCCCCC. The summed E-state index contributed by atoms with van der Waals surface area (Å²) in [5.41, 5.74) is 0. The average molecular weight is 1490 g/mol. The van der Waals surface area contributed by atoms with Crippen LogP contribution in [0.3, 0.4) is 0 Å². The summed E-state index contributed by atoms with van der Waals surface area (Å²) in [7, 11) is -9.92. The van der Waals surface area contributed by atoms with E-state index < -0.39 is 97.5 Å². The van der Waals surface area contributed by atoms with Crippen LogP contribution < -0.4 is 0 Å². The molecule has 17 nitrogen and oxygen atoms in total. The van der Waals surface area contributed by atoms with E-state index in [0.29, 0.717) is 25.7 Å². The summed E-state index contributed by atoms with van der Waals surface area (Å²) in [5.74, 6) is -1.36. The normalized spacial score (nSPS) is 13.8. The minimum absolute atomic E-state index is 0.108. The van der Waals surface area contributed by atoms with Crippen LogP contribution in [0.5, 0.6) is 0 Å². The summed E-state index contributed by atoms with van der Waals surface area (Å²) in [6.45, 7) is 7.33. The molecule has 0 aliphatic heterocycles. The van der Waals surface area contributed by atoms with E-state index in [0.717, 1.165) is 95.8 Å². The molecule has 0 bridgehead atoms. The summed E-state index contributed by atoms with van der Waals surface area (Å²) in [5, 5.41) is 10.7. The van der Waals surface area contributed by atoms with E-state index in [1.807, 2.05) is 0 Å². The zero-order valence-corrected chi connectivity index (χ0v) is 68.5. The molecule has 0 heterocycles. The van der Waals surface area contributed by atoms with Crippen LogP contribution in [0.15, 0.2) is 0 Å². The van der Waals surface area contributed by atoms with E-state index in [4.69, 9.17) is 37.0 Å². The second-order valence-electron chi connectivity index (χ2n) is 30.3. The van der Waals surface area contributed by atoms with Gasteiger partial charge >= 0.3 is 39.5 Å². The van der Waals surface area contributed by atoms with Gasteiger partial charge in [-0.25, -0.2) is 9.13 Å². The minimum atomic E-state index is -4.96. The van der Waals surface area contributed by atoms with E-state index in [9.17, 15) is 43.2 Å². The molecule has 2 unspecified atom stereocenters. The van der Waals surface area contributed by atoms with Crippen molar-refractivity contribution in [2.75, 3.05) is 39.6 Å². The first-order valence-electron chi connectivity index (χ1n) is 43.1. The van der Waals surface area contributed by atoms with Crippen molar-refractivity contribution in [3.8, 4) is 0 Å². The number of phosphoric ester groups is 2. The fraction of sp³-hybridized carbons (Fsp3) is 0.952. The highest BCUT2D eigenvalue weighted by Crippen LogP contribution is 2.45. The highest BCUT2D eigenvalue weighted by Gasteiger charge is 2.30. The van der Waals surface area contributed by atoms with E-state index in [1.54, 1.807) is 0 Å². The van der Waals surface area contributed by atoms with Gasteiger partial charge in [-0.15, -0.1) is 0 Å². The van der Waals surface area contributed by atoms with Gasteiger partial charge < -0.3 is 33.8 Å². The molecular formula is C83H162O17P2. The molecule has 0 aromatic heterocycles. The van der Waals surface area contributed by atoms with Gasteiger partial charge in [0.25, 0.3) is 0 Å². The number of phosphoric acid groups is 2. The third-order valence-corrected chi connectivity index (χ3v) is 21.4. The molecule has 0 aromatic rings. The van der Waals surface area contributed by atoms with Crippen molar-refractivity contribution < 1.29 is 80.2 Å². The fourth-order valence-corrected chi connectivity index (χ4v) is 14.5. The number of ether oxygens (including phenoxy) is 4. The van der Waals surface area contributed by atoms with Crippen molar-refractivity contribution in [1.82, 2.24) is 0 Å². The molecule has 0 spiro atoms. The molecule has 0 radical (unpaired) electrons. The molecule has 0 aliphatic rings. The van der Waals surface area contributed by atoms with Crippen LogP contribution in [0.25, 0.3) is 0 Å². The lowest BCUT2D eigenvalue weighted by atomic mass is 10.0. The highest BCUT2D eigenvalue weighted by molar-refractivity contribution is 7.47. The average Bonchev–Trinajstić information content (AvgIpc) is 0.934. The van der Waals surface area contributed by atoms with Crippen LogP contribution in [-0.4, -0.2) is 96.7 Å². The number of aliphatic hydroxyl groups is 1. The van der Waals surface area contributed by atoms with Crippen LogP contribution in [0.2, 0.25) is 0 Å². The first kappa shape index (κ1) is 100. The molecule has 0 aliphatic carbocycles. The van der Waals surface area contributed by atoms with Crippen LogP contribution in [-0.2, 0) is 65.4 Å². The number of esters is 4. The second kappa shape index (κ2) is 75.9. The van der Waals surface area contributed by atoms with Gasteiger partial charge in [0.2, 0.25) is 0 Å². The summed E-state index contributed by atoms with van der Waals surface area (Å²) in [6, 6.07) is 0. The van der Waals surface area contributed by atoms with Gasteiger partial charge in [-0.05, 0) is 31.6 Å². The summed E-state index contributed by atoms with van der Waals surface area (Å²) >= 11 is 0. The number of carbonyl (C=O) groups excluding carboxylic acids is 4. The monoisotopic (exact) mass is 1490 g/mol. The van der Waals surface area contributed by atoms with Crippen molar-refractivity contribution in [2.24, 2.45) is 5.92 Å². The zero-order valence-electron chi connectivity index (χ0n) is 66.8. The van der Waals surface area contributed by atoms with Crippen molar-refractivity contribution in [2.45, 2.75) is 464 Å². The first-order chi connectivity index (χ1) is 49.5. The van der Waals surface area contributed by atoms with Crippen molar-refractivity contribution in [3.63, 3.8) is 0 Å². The fourth-order valence-electron chi connectivity index (χ4n) is 12.9. The summed E-state index contributed by atoms with van der Waals surface area (Å²) in [6.07, 6.45) is 67.9. The number of hydrogen-bond acceptors (Lipinski definition) is 15. The molecule has 5 atom stereocenters. The molecule has 0 amide bonds. The van der Waals surface area contributed by atoms with Crippen LogP contribution in [0, 0.1) is 5.92 Å². The Kier molecular flexibility index (Phi) is 74.4. The third kappa shape index (κ3) is 76.3. The lowest BCUT2D eigenvalue weighted by Crippen LogP contribution is -2.30. The van der Waals surface area contributed by atoms with Crippen LogP contribution >= 0.6 is 15.6 Å². The predicted molar refractivity (Wildman–Crippen MR) is 418 cm³/mol. The molecule has 102 heavy (non-hydrogen) atoms. The Hall–Kier alpha value is -1.94. The van der Waals surface area contributed by atoms with E-state index in [1.165, 1.54) is 270 Å². The maximum absolute atomic E-state index is 13.1. The highest BCUT2D eigenvalue weighted by atomic mass is 31.2. The van der Waals surface area contributed by atoms with Crippen molar-refractivity contribution in [1.29, 1.82) is 0 Å². The summed E-state index contributed by atoms with van der Waals surface area (Å²) < 4.78 is 68.8. The third-order valence-electron chi connectivity index (χ3n) is 19.5. The Labute approximate surface area is 626 Å². The molecule has 3 N–H and O–H groups in total. The largest absolute Gasteiger partial charge is 0.472 e. The topological polar surface area (TPSA) is 237 Å². The van der Waals surface area contributed by atoms with E-state index >= 15 is 0 Å². The van der Waals surface area contributed by atoms with Crippen LogP contribution in [0.4, 0.5) is 0 Å². The molecule has 0 saturated heterocycles. The van der Waals surface area contributed by atoms with Gasteiger partial charge in [-0.2, -0.15) is 0 Å². The van der Waals surface area contributed by atoms with Gasteiger partial charge in [0.05, 0.1) is 26.4 Å². The summed E-state index contributed by atoms with van der Waals surface area (Å²) in [4.78, 5) is 73.1. The molecule has 0 aromatic carbocycles. The maximum atomic E-state index is 13.1.